The molecule has 0 radical (unpaired) electrons. The van der Waals surface area contributed by atoms with Crippen molar-refractivity contribution < 1.29 is 22.5 Å². The van der Waals surface area contributed by atoms with Crippen LogP contribution in [-0.2, 0) is 19.4 Å². The molecule has 174 valence electrons. The van der Waals surface area contributed by atoms with Crippen LogP contribution in [0.15, 0.2) is 38.7 Å². The third kappa shape index (κ3) is 4.56. The Morgan fingerprint density at radius 3 is 2.44 bits per heavy atom. The van der Waals surface area contributed by atoms with Crippen molar-refractivity contribution in [1.82, 2.24) is 20.5 Å². The number of nitrogens with one attached hydrogen (secondary N) is 1. The predicted octanol–water partition coefficient (Wildman–Crippen LogP) is 2.56. The van der Waals surface area contributed by atoms with Crippen molar-refractivity contribution in [2.75, 3.05) is 19.3 Å². The minimum absolute atomic E-state index is 0.0631. The third-order valence-corrected chi connectivity index (χ3v) is 7.01. The first-order chi connectivity index (χ1) is 15.2. The van der Waals surface area contributed by atoms with E-state index < -0.39 is 15.7 Å². The summed E-state index contributed by atoms with van der Waals surface area (Å²) < 4.78 is 34.9. The Morgan fingerprint density at radius 2 is 1.88 bits per heavy atom. The smallest absolute Gasteiger partial charge is 0.255 e. The number of ether oxygens (including phenoxy) is 1. The fourth-order valence-electron chi connectivity index (χ4n) is 4.06. The van der Waals surface area contributed by atoms with Crippen LogP contribution in [0, 0.1) is 5.92 Å². The second kappa shape index (κ2) is 8.89. The Kier molecular flexibility index (Phi) is 6.35. The molecule has 1 aromatic carbocycles. The lowest BCUT2D eigenvalue weighted by Gasteiger charge is -2.43. The Balaban J connectivity index is 1.35. The minimum atomic E-state index is -3.25. The van der Waals surface area contributed by atoms with Gasteiger partial charge in [0.15, 0.2) is 9.84 Å². The zero-order chi connectivity index (χ0) is 22.9. The normalized spacial score (nSPS) is 23.5. The van der Waals surface area contributed by atoms with E-state index in [1.54, 1.807) is 18.5 Å². The minimum Gasteiger partial charge on any atom is -0.365 e. The summed E-state index contributed by atoms with van der Waals surface area (Å²) in [5.74, 6) is 0.326. The van der Waals surface area contributed by atoms with Gasteiger partial charge in [-0.25, -0.2) is 18.2 Å². The summed E-state index contributed by atoms with van der Waals surface area (Å²) in [6.45, 7) is 7.68. The summed E-state index contributed by atoms with van der Waals surface area (Å²) in [6.07, 6.45) is 4.16. The fourth-order valence-corrected chi connectivity index (χ4v) is 4.69. The lowest BCUT2D eigenvalue weighted by atomic mass is 10.0. The van der Waals surface area contributed by atoms with E-state index in [4.69, 9.17) is 14.1 Å². The molecule has 4 rings (SSSR count). The maximum Gasteiger partial charge on any atom is 0.255 e. The van der Waals surface area contributed by atoms with E-state index in [2.05, 4.69) is 39.4 Å². The molecule has 3 heterocycles. The molecule has 0 spiro atoms. The summed E-state index contributed by atoms with van der Waals surface area (Å²) >= 11 is 0. The maximum absolute atomic E-state index is 11.6. The molecule has 0 bridgehead atoms. The fraction of sp³-hybridized carbons (Fsp3) is 0.571. The Hall–Kier alpha value is -2.34. The number of benzene rings is 1. The zero-order valence-corrected chi connectivity index (χ0v) is 19.5. The van der Waals surface area contributed by atoms with Crippen molar-refractivity contribution in [3.8, 4) is 11.4 Å². The molecule has 11 heteroatoms. The quantitative estimate of drug-likeness (QED) is 0.660. The molecular weight excluding hydrogens is 434 g/mol. The van der Waals surface area contributed by atoms with Gasteiger partial charge >= 0.3 is 0 Å². The number of hydroxylamine groups is 1. The lowest BCUT2D eigenvalue weighted by Crippen LogP contribution is -2.56. The molecule has 0 amide bonds. The average molecular weight is 464 g/mol. The van der Waals surface area contributed by atoms with Gasteiger partial charge in [0.2, 0.25) is 11.7 Å². The molecule has 0 aliphatic carbocycles. The van der Waals surface area contributed by atoms with Crippen molar-refractivity contribution >= 4 is 16.2 Å². The highest BCUT2D eigenvalue weighted by molar-refractivity contribution is 7.90. The Labute approximate surface area is 187 Å². The molecule has 2 aliphatic heterocycles. The van der Waals surface area contributed by atoms with Gasteiger partial charge in [-0.2, -0.15) is 4.98 Å². The number of sulfone groups is 1. The molecule has 0 saturated carbocycles. The topological polar surface area (TPSA) is 119 Å². The van der Waals surface area contributed by atoms with E-state index in [9.17, 15) is 8.42 Å². The highest BCUT2D eigenvalue weighted by Crippen LogP contribution is 2.33. The molecular formula is C21H29N5O5S. The van der Waals surface area contributed by atoms with Crippen LogP contribution in [0.1, 0.15) is 45.6 Å². The van der Waals surface area contributed by atoms with Crippen molar-refractivity contribution in [2.24, 2.45) is 10.9 Å². The van der Waals surface area contributed by atoms with Gasteiger partial charge in [-0.1, -0.05) is 19.0 Å². The van der Waals surface area contributed by atoms with Gasteiger partial charge in [0.1, 0.15) is 12.4 Å². The van der Waals surface area contributed by atoms with E-state index in [1.807, 2.05) is 6.92 Å². The molecule has 1 unspecified atom stereocenters. The number of nitrogens with zero attached hydrogens (tertiary/aromatic N) is 4. The number of piperidine rings is 1. The van der Waals surface area contributed by atoms with Crippen molar-refractivity contribution in [3.05, 3.63) is 30.2 Å². The molecule has 32 heavy (non-hydrogen) atoms. The molecule has 1 aromatic heterocycles. The van der Waals surface area contributed by atoms with E-state index in [-0.39, 0.29) is 23.0 Å². The zero-order valence-electron chi connectivity index (χ0n) is 18.7. The average Bonchev–Trinajstić information content (AvgIpc) is 3.45. The van der Waals surface area contributed by atoms with Crippen LogP contribution in [-0.4, -0.2) is 61.1 Å². The Bertz CT molecular complexity index is 1060. The monoisotopic (exact) mass is 463 g/mol. The molecule has 2 aliphatic rings. The van der Waals surface area contributed by atoms with E-state index in [0.29, 0.717) is 17.3 Å². The molecule has 2 aromatic rings. The first-order valence-corrected chi connectivity index (χ1v) is 12.6. The van der Waals surface area contributed by atoms with Crippen LogP contribution in [0.5, 0.6) is 0 Å². The Morgan fingerprint density at radius 1 is 1.19 bits per heavy atom. The first-order valence-electron chi connectivity index (χ1n) is 10.7. The summed E-state index contributed by atoms with van der Waals surface area (Å²) in [6, 6.07) is 6.40. The van der Waals surface area contributed by atoms with Crippen LogP contribution >= 0.6 is 0 Å². The van der Waals surface area contributed by atoms with Gasteiger partial charge in [0.25, 0.3) is 5.89 Å². The highest BCUT2D eigenvalue weighted by atomic mass is 32.2. The van der Waals surface area contributed by atoms with Gasteiger partial charge < -0.3 is 9.26 Å². The number of aliphatic imine (C=N–C) groups is 1. The second-order valence-corrected chi connectivity index (χ2v) is 10.5. The summed E-state index contributed by atoms with van der Waals surface area (Å²) in [5.41, 5.74) is 3.44. The largest absolute Gasteiger partial charge is 0.365 e. The van der Waals surface area contributed by atoms with Crippen molar-refractivity contribution in [1.29, 1.82) is 0 Å². The number of aromatic nitrogens is 2. The molecule has 1 fully saturated rings. The van der Waals surface area contributed by atoms with E-state index >= 15 is 0 Å². The van der Waals surface area contributed by atoms with Gasteiger partial charge in [-0.15, -0.1) is 0 Å². The molecule has 1 N–H and O–H groups in total. The first kappa shape index (κ1) is 22.8. The van der Waals surface area contributed by atoms with Crippen LogP contribution < -0.4 is 5.48 Å². The van der Waals surface area contributed by atoms with Gasteiger partial charge in [-0.3, -0.25) is 10.4 Å². The number of hydrogen-bond acceptors (Lipinski definition) is 10. The van der Waals surface area contributed by atoms with Gasteiger partial charge in [0, 0.05) is 30.8 Å². The van der Waals surface area contributed by atoms with E-state index in [0.717, 1.165) is 25.9 Å². The van der Waals surface area contributed by atoms with Gasteiger partial charge in [0.05, 0.1) is 11.0 Å². The third-order valence-electron chi connectivity index (χ3n) is 5.89. The molecule has 10 nitrogen and oxygen atoms in total. The van der Waals surface area contributed by atoms with E-state index in [1.165, 1.54) is 18.4 Å². The van der Waals surface area contributed by atoms with Crippen LogP contribution in [0.2, 0.25) is 0 Å². The molecule has 2 atom stereocenters. The van der Waals surface area contributed by atoms with Crippen molar-refractivity contribution in [2.45, 2.75) is 56.6 Å². The van der Waals surface area contributed by atoms with Crippen molar-refractivity contribution in [3.63, 3.8) is 0 Å². The van der Waals surface area contributed by atoms with Gasteiger partial charge in [-0.05, 0) is 44.0 Å². The number of rotatable bonds is 7. The number of hydrogen-bond donors (Lipinski definition) is 1. The summed E-state index contributed by atoms with van der Waals surface area (Å²) in [5, 5.41) is 4.02. The standard InChI is InChI=1S/C21H29N5O5S/c1-14(2)21(22-13-23-31-21)26-11-9-17(10-12-26)29-15(3)20-24-19(25-30-20)16-5-7-18(8-6-16)32(4,27)28/h5-8,13-15,17H,9-12H2,1-4H3,(H,22,23)/t15-,21?/m1/s1. The van der Waals surface area contributed by atoms with Crippen LogP contribution in [0.4, 0.5) is 0 Å². The lowest BCUT2D eigenvalue weighted by molar-refractivity contribution is -0.200. The SMILES string of the molecule is CC(C)C1(N2CCC(O[C@H](C)c3nc(-c4ccc(S(C)(=O)=O)cc4)no3)CC2)N=CNO1. The summed E-state index contributed by atoms with van der Waals surface area (Å²) in [7, 11) is -3.25. The maximum atomic E-state index is 11.6. The molecule has 1 saturated heterocycles. The predicted molar refractivity (Wildman–Crippen MR) is 117 cm³/mol. The van der Waals surface area contributed by atoms with Crippen LogP contribution in [0.25, 0.3) is 11.4 Å². The second-order valence-electron chi connectivity index (χ2n) is 8.51. The number of likely N-dealkylation sites (tertiary alicyclic amines) is 1. The highest BCUT2D eigenvalue weighted by Gasteiger charge is 2.45. The van der Waals surface area contributed by atoms with Crippen LogP contribution in [0.3, 0.4) is 0 Å². The summed E-state index contributed by atoms with van der Waals surface area (Å²) in [4.78, 5) is 17.2.